The highest BCUT2D eigenvalue weighted by molar-refractivity contribution is 5.80. The van der Waals surface area contributed by atoms with Crippen LogP contribution in [0.1, 0.15) is 12.8 Å². The van der Waals surface area contributed by atoms with Crippen molar-refractivity contribution in [3.05, 3.63) is 0 Å². The van der Waals surface area contributed by atoms with E-state index in [1.807, 2.05) is 0 Å². The number of carbonyl (C=O) groups is 2. The van der Waals surface area contributed by atoms with Crippen LogP contribution in [0.3, 0.4) is 0 Å². The van der Waals surface area contributed by atoms with Crippen LogP contribution >= 0.6 is 0 Å². The maximum atomic E-state index is 11.0. The summed E-state index contributed by atoms with van der Waals surface area (Å²) < 4.78 is 0. The molecule has 0 saturated carbocycles. The number of hydrogen-bond donors (Lipinski definition) is 4. The van der Waals surface area contributed by atoms with Crippen molar-refractivity contribution in [3.63, 3.8) is 0 Å². The summed E-state index contributed by atoms with van der Waals surface area (Å²) in [5.41, 5.74) is -0.333. The minimum Gasteiger partial charge on any atom is -0.463 e. The van der Waals surface area contributed by atoms with Crippen molar-refractivity contribution in [3.8, 4) is 0 Å². The lowest BCUT2D eigenvalue weighted by Crippen LogP contribution is -2.50. The summed E-state index contributed by atoms with van der Waals surface area (Å²) in [6.45, 7) is 0.499. The van der Waals surface area contributed by atoms with Gasteiger partial charge < -0.3 is 15.1 Å². The first-order chi connectivity index (χ1) is 6.04. The number of rotatable bonds is 1. The van der Waals surface area contributed by atoms with Crippen molar-refractivity contribution >= 4 is 12.1 Å². The van der Waals surface area contributed by atoms with Crippen LogP contribution in [-0.2, 0) is 9.63 Å². The number of carboxylic acid groups (broad SMARTS) is 1. The zero-order valence-corrected chi connectivity index (χ0v) is 6.74. The average molecular weight is 190 g/mol. The number of nitrogens with one attached hydrogen (secondary N) is 2. The van der Waals surface area contributed by atoms with E-state index < -0.39 is 17.8 Å². The lowest BCUT2D eigenvalue weighted by atomic mass is 10.2. The normalized spacial score (nSPS) is 26.8. The average Bonchev–Trinajstić information content (AvgIpc) is 2.49. The van der Waals surface area contributed by atoms with E-state index in [0.717, 1.165) is 0 Å². The maximum Gasteiger partial charge on any atom is 0.438 e. The number of carbonyl (C=O) groups excluding carboxylic acids is 1. The van der Waals surface area contributed by atoms with Crippen LogP contribution in [0.5, 0.6) is 0 Å². The highest BCUT2D eigenvalue weighted by atomic mass is 16.7. The molecule has 0 aliphatic carbocycles. The first-order valence-corrected chi connectivity index (χ1v) is 3.72. The quantitative estimate of drug-likeness (QED) is 0.386. The highest BCUT2D eigenvalue weighted by Gasteiger charge is 2.41. The fraction of sp³-hybridized carbons (Fsp3) is 0.667. The molecule has 0 spiro atoms. The van der Waals surface area contributed by atoms with Crippen LogP contribution in [0.25, 0.3) is 0 Å². The molecule has 1 aliphatic rings. The molecule has 0 aromatic rings. The number of hydrogen-bond acceptors (Lipinski definition) is 5. The van der Waals surface area contributed by atoms with E-state index >= 15 is 0 Å². The van der Waals surface area contributed by atoms with Crippen LogP contribution in [0.4, 0.5) is 4.79 Å². The Morgan fingerprint density at radius 3 is 2.69 bits per heavy atom. The molecule has 7 heteroatoms. The molecule has 1 saturated heterocycles. The summed E-state index contributed by atoms with van der Waals surface area (Å²) >= 11 is 0. The number of amides is 1. The molecule has 0 aromatic carbocycles. The zero-order chi connectivity index (χ0) is 9.90. The molecule has 1 fully saturated rings. The predicted molar refractivity (Wildman–Crippen MR) is 39.4 cm³/mol. The largest absolute Gasteiger partial charge is 0.463 e. The third kappa shape index (κ3) is 2.30. The molecule has 0 radical (unpaired) electrons. The second kappa shape index (κ2) is 3.58. The molecule has 0 bridgehead atoms. The van der Waals surface area contributed by atoms with Crippen molar-refractivity contribution < 1.29 is 24.6 Å². The monoisotopic (exact) mass is 190 g/mol. The third-order valence-electron chi connectivity index (χ3n) is 1.70. The van der Waals surface area contributed by atoms with Gasteiger partial charge in [0.25, 0.3) is 0 Å². The lowest BCUT2D eigenvalue weighted by Gasteiger charge is -2.18. The molecule has 74 valence electrons. The number of hydroxylamine groups is 1. The topological polar surface area (TPSA) is 108 Å². The first-order valence-electron chi connectivity index (χ1n) is 3.72. The van der Waals surface area contributed by atoms with Gasteiger partial charge in [-0.05, 0) is 13.0 Å². The van der Waals surface area contributed by atoms with Gasteiger partial charge >= 0.3 is 12.1 Å². The van der Waals surface area contributed by atoms with Gasteiger partial charge in [-0.2, -0.15) is 0 Å². The Kier molecular flexibility index (Phi) is 2.69. The fourth-order valence-corrected chi connectivity index (χ4v) is 1.08. The van der Waals surface area contributed by atoms with E-state index in [0.29, 0.717) is 13.0 Å². The molecule has 1 unspecified atom stereocenters. The summed E-state index contributed by atoms with van der Waals surface area (Å²) in [6, 6.07) is 0. The Hall–Kier alpha value is -1.34. The van der Waals surface area contributed by atoms with Gasteiger partial charge in [0.15, 0.2) is 0 Å². The van der Waals surface area contributed by atoms with Gasteiger partial charge in [0.2, 0.25) is 5.72 Å². The van der Waals surface area contributed by atoms with Crippen LogP contribution < -0.4 is 10.8 Å². The Bertz CT molecular complexity index is 223. The molecule has 1 aliphatic heterocycles. The lowest BCUT2D eigenvalue weighted by molar-refractivity contribution is -0.173. The summed E-state index contributed by atoms with van der Waals surface area (Å²) in [4.78, 5) is 25.0. The molecule has 1 amide bonds. The van der Waals surface area contributed by atoms with Crippen LogP contribution in [-0.4, -0.2) is 34.5 Å². The van der Waals surface area contributed by atoms with Crippen molar-refractivity contribution in [2.45, 2.75) is 18.6 Å². The van der Waals surface area contributed by atoms with Crippen LogP contribution in [0.15, 0.2) is 0 Å². The molecular weight excluding hydrogens is 180 g/mol. The van der Waals surface area contributed by atoms with Gasteiger partial charge in [0.05, 0.1) is 0 Å². The van der Waals surface area contributed by atoms with Gasteiger partial charge in [-0.3, -0.25) is 5.32 Å². The fourth-order valence-electron chi connectivity index (χ4n) is 1.08. The minimum absolute atomic E-state index is 0.215. The van der Waals surface area contributed by atoms with E-state index in [1.165, 1.54) is 5.48 Å². The highest BCUT2D eigenvalue weighted by Crippen LogP contribution is 2.16. The summed E-state index contributed by atoms with van der Waals surface area (Å²) in [6.07, 6.45) is -0.638. The Balaban J connectivity index is 2.42. The molecule has 4 N–H and O–H groups in total. The van der Waals surface area contributed by atoms with E-state index in [1.54, 1.807) is 0 Å². The predicted octanol–water partition coefficient (Wildman–Crippen LogP) is -1.22. The second-order valence-electron chi connectivity index (χ2n) is 2.69. The zero-order valence-electron chi connectivity index (χ0n) is 6.74. The molecule has 7 nitrogen and oxygen atoms in total. The molecular formula is C6H10N2O5. The van der Waals surface area contributed by atoms with Gasteiger partial charge in [-0.1, -0.05) is 0 Å². The maximum absolute atomic E-state index is 11.0. The van der Waals surface area contributed by atoms with Crippen molar-refractivity contribution in [1.29, 1.82) is 0 Å². The van der Waals surface area contributed by atoms with E-state index in [-0.39, 0.29) is 6.42 Å². The Morgan fingerprint density at radius 2 is 2.23 bits per heavy atom. The van der Waals surface area contributed by atoms with Crippen molar-refractivity contribution in [2.24, 2.45) is 0 Å². The van der Waals surface area contributed by atoms with Crippen LogP contribution in [0, 0.1) is 0 Å². The first kappa shape index (κ1) is 9.75. The molecule has 1 heterocycles. The van der Waals surface area contributed by atoms with E-state index in [2.05, 4.69) is 10.2 Å². The van der Waals surface area contributed by atoms with E-state index in [9.17, 15) is 14.7 Å². The minimum atomic E-state index is -1.75. The summed E-state index contributed by atoms with van der Waals surface area (Å²) in [5.74, 6) is -1.03. The third-order valence-corrected chi connectivity index (χ3v) is 1.70. The van der Waals surface area contributed by atoms with Gasteiger partial charge in [0, 0.05) is 6.42 Å². The molecule has 13 heavy (non-hydrogen) atoms. The van der Waals surface area contributed by atoms with E-state index in [4.69, 9.17) is 5.11 Å². The summed E-state index contributed by atoms with van der Waals surface area (Å²) in [5, 5.41) is 20.1. The SMILES string of the molecule is O=C(O)NOC(=O)C1(O)CCCN1. The smallest absolute Gasteiger partial charge is 0.438 e. The summed E-state index contributed by atoms with van der Waals surface area (Å²) in [7, 11) is 0. The Labute approximate surface area is 73.6 Å². The molecule has 0 aromatic heterocycles. The van der Waals surface area contributed by atoms with Gasteiger partial charge in [-0.15, -0.1) is 5.48 Å². The number of aliphatic hydroxyl groups is 1. The van der Waals surface area contributed by atoms with Gasteiger partial charge in [0.1, 0.15) is 0 Å². The van der Waals surface area contributed by atoms with Crippen molar-refractivity contribution in [1.82, 2.24) is 10.8 Å². The Morgan fingerprint density at radius 1 is 1.54 bits per heavy atom. The van der Waals surface area contributed by atoms with Gasteiger partial charge in [-0.25, -0.2) is 9.59 Å². The van der Waals surface area contributed by atoms with Crippen molar-refractivity contribution in [2.75, 3.05) is 6.54 Å². The molecule has 1 atom stereocenters. The standard InChI is InChI=1S/C6H10N2O5/c9-4(13-8-5(10)11)6(12)2-1-3-7-6/h7-8,12H,1-3H2,(H,10,11). The van der Waals surface area contributed by atoms with Crippen LogP contribution in [0.2, 0.25) is 0 Å². The second-order valence-corrected chi connectivity index (χ2v) is 2.69. The molecule has 1 rings (SSSR count).